The minimum absolute atomic E-state index is 0.271. The average Bonchev–Trinajstić information content (AvgIpc) is 2.02. The summed E-state index contributed by atoms with van der Waals surface area (Å²) in [4.78, 5) is 10.5. The van der Waals surface area contributed by atoms with Gasteiger partial charge in [-0.2, -0.15) is 0 Å². The second-order valence-corrected chi connectivity index (χ2v) is 2.73. The fraction of sp³-hybridized carbons (Fsp3) is 0.700. The molecule has 0 atom stereocenters. The van der Waals surface area contributed by atoms with E-state index in [1.54, 1.807) is 6.92 Å². The van der Waals surface area contributed by atoms with Crippen LogP contribution in [0.5, 0.6) is 0 Å². The van der Waals surface area contributed by atoms with E-state index in [2.05, 4.69) is 6.08 Å². The molecule has 0 bridgehead atoms. The summed E-state index contributed by atoms with van der Waals surface area (Å²) in [6, 6.07) is 0. The normalized spacial score (nSPS) is 10.8. The average molecular weight is 170 g/mol. The molecule has 70 valence electrons. The summed E-state index contributed by atoms with van der Waals surface area (Å²) >= 11 is 0. The molecule has 2 nitrogen and oxygen atoms in total. The summed E-state index contributed by atoms with van der Waals surface area (Å²) in [5.74, 6) is 0.271. The van der Waals surface area contributed by atoms with E-state index < -0.39 is 0 Å². The Morgan fingerprint density at radius 2 is 2.17 bits per heavy atom. The van der Waals surface area contributed by atoms with Gasteiger partial charge in [-0.25, -0.2) is 0 Å². The smallest absolute Gasteiger partial charge is 0.129 e. The highest BCUT2D eigenvalue weighted by molar-refractivity contribution is 5.75. The minimum Gasteiger partial charge on any atom is -0.378 e. The van der Waals surface area contributed by atoms with Gasteiger partial charge in [0, 0.05) is 13.0 Å². The maximum Gasteiger partial charge on any atom is 0.129 e. The first-order chi connectivity index (χ1) is 5.77. The topological polar surface area (TPSA) is 26.3 Å². The third kappa shape index (κ3) is 9.37. The van der Waals surface area contributed by atoms with Crippen molar-refractivity contribution in [2.45, 2.75) is 33.1 Å². The Bertz CT molecular complexity index is 139. The zero-order valence-corrected chi connectivity index (χ0v) is 8.01. The molecule has 0 saturated heterocycles. The molecule has 0 amide bonds. The number of carbonyl (C=O) groups is 1. The Hall–Kier alpha value is -0.630. The summed E-state index contributed by atoms with van der Waals surface area (Å²) in [5.41, 5.74) is 0. The Labute approximate surface area is 74.6 Å². The molecule has 0 fully saturated rings. The van der Waals surface area contributed by atoms with Gasteiger partial charge in [-0.1, -0.05) is 12.2 Å². The fourth-order valence-electron chi connectivity index (χ4n) is 0.841. The predicted octanol–water partition coefficient (Wildman–Crippen LogP) is 2.34. The maximum absolute atomic E-state index is 10.5. The summed E-state index contributed by atoms with van der Waals surface area (Å²) in [5, 5.41) is 0. The first-order valence-electron chi connectivity index (χ1n) is 4.49. The van der Waals surface area contributed by atoms with Crippen LogP contribution in [-0.4, -0.2) is 19.0 Å². The zero-order valence-electron chi connectivity index (χ0n) is 8.01. The molecule has 0 aliphatic rings. The third-order valence-corrected chi connectivity index (χ3v) is 1.48. The van der Waals surface area contributed by atoms with Crippen molar-refractivity contribution in [3.05, 3.63) is 12.2 Å². The van der Waals surface area contributed by atoms with E-state index in [9.17, 15) is 4.79 Å². The minimum atomic E-state index is 0.271. The standard InChI is InChI=1S/C10H18O2/c1-3-12-9-7-5-4-6-8-10(2)11/h5,7H,3-4,6,8-9H2,1-2H3. The molecular formula is C10H18O2. The van der Waals surface area contributed by atoms with Crippen LogP contribution in [0.4, 0.5) is 0 Å². The lowest BCUT2D eigenvalue weighted by atomic mass is 10.2. The number of rotatable bonds is 7. The van der Waals surface area contributed by atoms with Crippen LogP contribution in [0.25, 0.3) is 0 Å². The molecule has 12 heavy (non-hydrogen) atoms. The number of hydrogen-bond donors (Lipinski definition) is 0. The highest BCUT2D eigenvalue weighted by Crippen LogP contribution is 1.97. The molecule has 0 radical (unpaired) electrons. The summed E-state index contributed by atoms with van der Waals surface area (Å²) in [6.45, 7) is 5.06. The molecule has 2 heteroatoms. The zero-order chi connectivity index (χ0) is 9.23. The molecule has 0 aromatic heterocycles. The molecule has 0 unspecified atom stereocenters. The number of allylic oxidation sites excluding steroid dienone is 1. The Morgan fingerprint density at radius 1 is 1.42 bits per heavy atom. The van der Waals surface area contributed by atoms with E-state index >= 15 is 0 Å². The van der Waals surface area contributed by atoms with Gasteiger partial charge in [-0.05, 0) is 26.7 Å². The van der Waals surface area contributed by atoms with Crippen molar-refractivity contribution < 1.29 is 9.53 Å². The quantitative estimate of drug-likeness (QED) is 0.433. The van der Waals surface area contributed by atoms with Crippen LogP contribution in [0.2, 0.25) is 0 Å². The van der Waals surface area contributed by atoms with Crippen LogP contribution in [0.15, 0.2) is 12.2 Å². The summed E-state index contributed by atoms with van der Waals surface area (Å²) < 4.78 is 5.11. The van der Waals surface area contributed by atoms with Crippen LogP contribution < -0.4 is 0 Å². The van der Waals surface area contributed by atoms with Crippen molar-refractivity contribution in [2.75, 3.05) is 13.2 Å². The van der Waals surface area contributed by atoms with Crippen molar-refractivity contribution in [3.63, 3.8) is 0 Å². The van der Waals surface area contributed by atoms with Gasteiger partial charge < -0.3 is 9.53 Å². The van der Waals surface area contributed by atoms with Crippen molar-refractivity contribution in [3.8, 4) is 0 Å². The monoisotopic (exact) mass is 170 g/mol. The van der Waals surface area contributed by atoms with E-state index in [-0.39, 0.29) is 5.78 Å². The summed E-state index contributed by atoms with van der Waals surface area (Å²) in [7, 11) is 0. The first kappa shape index (κ1) is 11.4. The van der Waals surface area contributed by atoms with Crippen LogP contribution in [0.1, 0.15) is 33.1 Å². The Kier molecular flexibility index (Phi) is 8.02. The largest absolute Gasteiger partial charge is 0.378 e. The lowest BCUT2D eigenvalue weighted by Gasteiger charge is -1.93. The lowest BCUT2D eigenvalue weighted by Crippen LogP contribution is -1.89. The van der Waals surface area contributed by atoms with Gasteiger partial charge in [0.15, 0.2) is 0 Å². The van der Waals surface area contributed by atoms with Crippen LogP contribution in [-0.2, 0) is 9.53 Å². The van der Waals surface area contributed by atoms with Gasteiger partial charge >= 0.3 is 0 Å². The molecule has 0 heterocycles. The Morgan fingerprint density at radius 3 is 2.75 bits per heavy atom. The van der Waals surface area contributed by atoms with Gasteiger partial charge in [-0.3, -0.25) is 0 Å². The second-order valence-electron chi connectivity index (χ2n) is 2.73. The molecule has 0 aromatic carbocycles. The van der Waals surface area contributed by atoms with Gasteiger partial charge in [-0.15, -0.1) is 0 Å². The van der Waals surface area contributed by atoms with Crippen LogP contribution >= 0.6 is 0 Å². The number of ether oxygens (including phenoxy) is 1. The van der Waals surface area contributed by atoms with Crippen molar-refractivity contribution >= 4 is 5.78 Å². The van der Waals surface area contributed by atoms with Gasteiger partial charge in [0.25, 0.3) is 0 Å². The number of hydrogen-bond acceptors (Lipinski definition) is 2. The molecular weight excluding hydrogens is 152 g/mol. The molecule has 0 N–H and O–H groups in total. The van der Waals surface area contributed by atoms with E-state index in [4.69, 9.17) is 4.74 Å². The molecule has 0 aliphatic heterocycles. The van der Waals surface area contributed by atoms with Crippen molar-refractivity contribution in [1.29, 1.82) is 0 Å². The molecule has 0 spiro atoms. The van der Waals surface area contributed by atoms with Crippen LogP contribution in [0.3, 0.4) is 0 Å². The van der Waals surface area contributed by atoms with Crippen molar-refractivity contribution in [2.24, 2.45) is 0 Å². The molecule has 0 saturated carbocycles. The lowest BCUT2D eigenvalue weighted by molar-refractivity contribution is -0.117. The summed E-state index contributed by atoms with van der Waals surface area (Å²) in [6.07, 6.45) is 6.70. The number of ketones is 1. The van der Waals surface area contributed by atoms with Gasteiger partial charge in [0.2, 0.25) is 0 Å². The molecule has 0 aromatic rings. The fourth-order valence-corrected chi connectivity index (χ4v) is 0.841. The number of carbonyl (C=O) groups excluding carboxylic acids is 1. The highest BCUT2D eigenvalue weighted by Gasteiger charge is 1.89. The Balaban J connectivity index is 3.08. The highest BCUT2D eigenvalue weighted by atomic mass is 16.5. The second kappa shape index (κ2) is 8.47. The number of Topliss-reactive ketones (excluding diaryl/α,β-unsaturated/α-hetero) is 1. The van der Waals surface area contributed by atoms with E-state index in [0.29, 0.717) is 13.0 Å². The first-order valence-corrected chi connectivity index (χ1v) is 4.49. The SMILES string of the molecule is CCOCC=CCCCC(C)=O. The van der Waals surface area contributed by atoms with Gasteiger partial charge in [0.1, 0.15) is 5.78 Å². The van der Waals surface area contributed by atoms with Gasteiger partial charge in [0.05, 0.1) is 6.61 Å². The van der Waals surface area contributed by atoms with E-state index in [1.807, 2.05) is 13.0 Å². The molecule has 0 aliphatic carbocycles. The van der Waals surface area contributed by atoms with Crippen molar-refractivity contribution in [1.82, 2.24) is 0 Å². The van der Waals surface area contributed by atoms with Crippen LogP contribution in [0, 0.1) is 0 Å². The van der Waals surface area contributed by atoms with E-state index in [1.165, 1.54) is 0 Å². The third-order valence-electron chi connectivity index (χ3n) is 1.48. The van der Waals surface area contributed by atoms with E-state index in [0.717, 1.165) is 19.4 Å². The number of unbranched alkanes of at least 4 members (excludes halogenated alkanes) is 1. The predicted molar refractivity (Wildman–Crippen MR) is 50.2 cm³/mol. The molecule has 0 rings (SSSR count). The maximum atomic E-state index is 10.5.